The minimum absolute atomic E-state index is 0.0135. The van der Waals surface area contributed by atoms with Crippen molar-refractivity contribution < 1.29 is 13.9 Å². The molecule has 7 nitrogen and oxygen atoms in total. The summed E-state index contributed by atoms with van der Waals surface area (Å²) in [7, 11) is 1.57. The molecule has 0 unspecified atom stereocenters. The van der Waals surface area contributed by atoms with Gasteiger partial charge in [-0.1, -0.05) is 0 Å². The highest BCUT2D eigenvalue weighted by molar-refractivity contribution is 5.98. The number of oxazole rings is 1. The molecule has 1 heterocycles. The van der Waals surface area contributed by atoms with Gasteiger partial charge in [0.05, 0.1) is 7.11 Å². The SMILES string of the molecule is COc1ccc2nc(/N=C(\N)NC(=O)C3CC3)oc2c1. The van der Waals surface area contributed by atoms with Crippen LogP contribution < -0.4 is 15.8 Å². The summed E-state index contributed by atoms with van der Waals surface area (Å²) in [5.41, 5.74) is 6.83. The number of carbonyl (C=O) groups excluding carboxylic acids is 1. The Balaban J connectivity index is 1.80. The van der Waals surface area contributed by atoms with Crippen LogP contribution in [0.4, 0.5) is 6.01 Å². The Morgan fingerprint density at radius 3 is 3.05 bits per heavy atom. The number of nitrogens with zero attached hydrogens (tertiary/aromatic N) is 2. The summed E-state index contributed by atoms with van der Waals surface area (Å²) >= 11 is 0. The first-order valence-electron chi connectivity index (χ1n) is 6.25. The number of benzene rings is 1. The molecule has 1 saturated carbocycles. The van der Waals surface area contributed by atoms with Crippen LogP contribution in [-0.2, 0) is 4.79 Å². The van der Waals surface area contributed by atoms with E-state index in [-0.39, 0.29) is 23.8 Å². The number of rotatable bonds is 3. The second-order valence-electron chi connectivity index (χ2n) is 4.59. The average molecular weight is 274 g/mol. The van der Waals surface area contributed by atoms with Gasteiger partial charge in [-0.2, -0.15) is 9.98 Å². The van der Waals surface area contributed by atoms with Crippen molar-refractivity contribution in [3.63, 3.8) is 0 Å². The fourth-order valence-electron chi connectivity index (χ4n) is 1.77. The molecule has 1 aliphatic rings. The molecule has 1 aromatic carbocycles. The molecule has 3 N–H and O–H groups in total. The zero-order valence-corrected chi connectivity index (χ0v) is 10.9. The van der Waals surface area contributed by atoms with Gasteiger partial charge in [0.2, 0.25) is 11.9 Å². The molecule has 1 fully saturated rings. The van der Waals surface area contributed by atoms with Gasteiger partial charge in [-0.05, 0) is 25.0 Å². The Hall–Kier alpha value is -2.57. The first-order valence-corrected chi connectivity index (χ1v) is 6.25. The van der Waals surface area contributed by atoms with Gasteiger partial charge in [-0.25, -0.2) is 0 Å². The molecular weight excluding hydrogens is 260 g/mol. The van der Waals surface area contributed by atoms with Crippen LogP contribution in [0.3, 0.4) is 0 Å². The van der Waals surface area contributed by atoms with Gasteiger partial charge < -0.3 is 14.9 Å². The third-order valence-corrected chi connectivity index (χ3v) is 3.00. The van der Waals surface area contributed by atoms with Crippen LogP contribution in [0.2, 0.25) is 0 Å². The predicted octanol–water partition coefficient (Wildman–Crippen LogP) is 1.31. The lowest BCUT2D eigenvalue weighted by molar-refractivity contribution is -0.120. The zero-order valence-electron chi connectivity index (χ0n) is 10.9. The zero-order chi connectivity index (χ0) is 14.1. The van der Waals surface area contributed by atoms with Crippen molar-refractivity contribution in [2.24, 2.45) is 16.6 Å². The molecule has 2 aromatic rings. The van der Waals surface area contributed by atoms with Crippen molar-refractivity contribution in [1.29, 1.82) is 0 Å². The van der Waals surface area contributed by atoms with E-state index in [4.69, 9.17) is 14.9 Å². The number of ether oxygens (including phenoxy) is 1. The molecule has 104 valence electrons. The highest BCUT2D eigenvalue weighted by Gasteiger charge is 2.29. The van der Waals surface area contributed by atoms with Gasteiger partial charge in [0.15, 0.2) is 5.58 Å². The predicted molar refractivity (Wildman–Crippen MR) is 72.7 cm³/mol. The smallest absolute Gasteiger partial charge is 0.325 e. The number of amides is 1. The highest BCUT2D eigenvalue weighted by Crippen LogP contribution is 2.28. The van der Waals surface area contributed by atoms with Crippen LogP contribution in [0.5, 0.6) is 5.75 Å². The molecule has 0 radical (unpaired) electrons. The second kappa shape index (κ2) is 4.84. The number of aliphatic imine (C=N–C) groups is 1. The minimum atomic E-state index is -0.107. The maximum Gasteiger partial charge on any atom is 0.325 e. The van der Waals surface area contributed by atoms with Gasteiger partial charge >= 0.3 is 6.01 Å². The van der Waals surface area contributed by atoms with E-state index in [2.05, 4.69) is 15.3 Å². The van der Waals surface area contributed by atoms with E-state index in [0.29, 0.717) is 16.8 Å². The number of fused-ring (bicyclic) bond motifs is 1. The van der Waals surface area contributed by atoms with Crippen LogP contribution in [0, 0.1) is 5.92 Å². The molecule has 3 rings (SSSR count). The maximum absolute atomic E-state index is 11.5. The Morgan fingerprint density at radius 2 is 2.35 bits per heavy atom. The van der Waals surface area contributed by atoms with Crippen LogP contribution in [-0.4, -0.2) is 24.0 Å². The van der Waals surface area contributed by atoms with Crippen molar-refractivity contribution in [3.8, 4) is 5.75 Å². The van der Waals surface area contributed by atoms with Gasteiger partial charge in [-0.3, -0.25) is 10.1 Å². The number of methoxy groups -OCH3 is 1. The van der Waals surface area contributed by atoms with E-state index in [0.717, 1.165) is 12.8 Å². The molecule has 0 atom stereocenters. The lowest BCUT2D eigenvalue weighted by Gasteiger charge is -2.00. The molecule has 1 amide bonds. The van der Waals surface area contributed by atoms with E-state index in [1.54, 1.807) is 25.3 Å². The van der Waals surface area contributed by atoms with E-state index in [1.807, 2.05) is 0 Å². The van der Waals surface area contributed by atoms with E-state index >= 15 is 0 Å². The normalized spacial score (nSPS) is 15.3. The number of aromatic nitrogens is 1. The standard InChI is InChI=1S/C13H14N4O3/c1-19-8-4-5-9-10(6-8)20-13(15-9)17-12(14)16-11(18)7-2-3-7/h4-7H,2-3H2,1H3,(H3,14,15,16,17,18). The molecule has 7 heteroatoms. The number of carbonyl (C=O) groups is 1. The van der Waals surface area contributed by atoms with Crippen LogP contribution in [0.1, 0.15) is 12.8 Å². The van der Waals surface area contributed by atoms with Crippen molar-refractivity contribution >= 4 is 29.0 Å². The molecule has 0 bridgehead atoms. The highest BCUT2D eigenvalue weighted by atomic mass is 16.5. The Labute approximate surface area is 114 Å². The minimum Gasteiger partial charge on any atom is -0.497 e. The van der Waals surface area contributed by atoms with Crippen molar-refractivity contribution in [2.75, 3.05) is 7.11 Å². The van der Waals surface area contributed by atoms with Gasteiger partial charge in [-0.15, -0.1) is 0 Å². The van der Waals surface area contributed by atoms with E-state index < -0.39 is 0 Å². The lowest BCUT2D eigenvalue weighted by Crippen LogP contribution is -2.37. The van der Waals surface area contributed by atoms with Crippen LogP contribution in [0.25, 0.3) is 11.1 Å². The number of guanidine groups is 1. The summed E-state index contributed by atoms with van der Waals surface area (Å²) in [6.07, 6.45) is 1.81. The van der Waals surface area contributed by atoms with Crippen molar-refractivity contribution in [2.45, 2.75) is 12.8 Å². The van der Waals surface area contributed by atoms with Crippen LogP contribution >= 0.6 is 0 Å². The number of nitrogens with two attached hydrogens (primary N) is 1. The van der Waals surface area contributed by atoms with Gasteiger partial charge in [0.1, 0.15) is 11.3 Å². The van der Waals surface area contributed by atoms with Gasteiger partial charge in [0, 0.05) is 12.0 Å². The monoisotopic (exact) mass is 274 g/mol. The average Bonchev–Trinajstić information content (AvgIpc) is 3.19. The third-order valence-electron chi connectivity index (χ3n) is 3.00. The number of hydrogen-bond donors (Lipinski definition) is 2. The summed E-state index contributed by atoms with van der Waals surface area (Å²) in [4.78, 5) is 19.6. The molecule has 0 aliphatic heterocycles. The fourth-order valence-corrected chi connectivity index (χ4v) is 1.77. The lowest BCUT2D eigenvalue weighted by atomic mass is 10.3. The molecular formula is C13H14N4O3. The van der Waals surface area contributed by atoms with Crippen molar-refractivity contribution in [3.05, 3.63) is 18.2 Å². The third kappa shape index (κ3) is 2.56. The summed E-state index contributed by atoms with van der Waals surface area (Å²) in [6.45, 7) is 0. The Morgan fingerprint density at radius 1 is 1.55 bits per heavy atom. The summed E-state index contributed by atoms with van der Waals surface area (Å²) < 4.78 is 10.5. The van der Waals surface area contributed by atoms with Crippen LogP contribution in [0.15, 0.2) is 27.6 Å². The molecule has 20 heavy (non-hydrogen) atoms. The van der Waals surface area contributed by atoms with Crippen molar-refractivity contribution in [1.82, 2.24) is 10.3 Å². The second-order valence-corrected chi connectivity index (χ2v) is 4.59. The quantitative estimate of drug-likeness (QED) is 0.648. The molecule has 0 saturated heterocycles. The summed E-state index contributed by atoms with van der Waals surface area (Å²) in [5, 5.41) is 2.52. The summed E-state index contributed by atoms with van der Waals surface area (Å²) in [5.74, 6) is 0.611. The molecule has 0 spiro atoms. The molecule has 1 aliphatic carbocycles. The summed E-state index contributed by atoms with van der Waals surface area (Å²) in [6, 6.07) is 5.34. The molecule has 1 aromatic heterocycles. The number of hydrogen-bond acceptors (Lipinski definition) is 5. The number of nitrogens with one attached hydrogen (secondary N) is 1. The fraction of sp³-hybridized carbons (Fsp3) is 0.308. The first-order chi connectivity index (χ1) is 9.65. The largest absolute Gasteiger partial charge is 0.497 e. The topological polar surface area (TPSA) is 103 Å². The Kier molecular flexibility index (Phi) is 3.02. The first kappa shape index (κ1) is 12.5. The Bertz CT molecular complexity index is 688. The van der Waals surface area contributed by atoms with E-state index in [1.165, 1.54) is 0 Å². The van der Waals surface area contributed by atoms with Gasteiger partial charge in [0.25, 0.3) is 0 Å². The maximum atomic E-state index is 11.5. The van der Waals surface area contributed by atoms with E-state index in [9.17, 15) is 4.79 Å².